The van der Waals surface area contributed by atoms with Gasteiger partial charge in [-0.2, -0.15) is 0 Å². The molecule has 17 heavy (non-hydrogen) atoms. The van der Waals surface area contributed by atoms with Crippen molar-refractivity contribution < 1.29 is 0 Å². The lowest BCUT2D eigenvalue weighted by Crippen LogP contribution is -2.39. The molecule has 1 aliphatic heterocycles. The van der Waals surface area contributed by atoms with Crippen LogP contribution in [0.15, 0.2) is 29.3 Å². The molecule has 3 nitrogen and oxygen atoms in total. The summed E-state index contributed by atoms with van der Waals surface area (Å²) >= 11 is 7.56. The van der Waals surface area contributed by atoms with Gasteiger partial charge in [0.2, 0.25) is 0 Å². The molecule has 0 aromatic heterocycles. The first-order valence-corrected chi connectivity index (χ1v) is 6.44. The van der Waals surface area contributed by atoms with E-state index in [1.54, 1.807) is 11.8 Å². The van der Waals surface area contributed by atoms with Gasteiger partial charge in [0.1, 0.15) is 0 Å². The molecule has 2 rings (SSSR count). The zero-order valence-electron chi connectivity index (χ0n) is 9.52. The molecule has 0 radical (unpaired) electrons. The zero-order valence-corrected chi connectivity index (χ0v) is 11.9. The highest BCUT2D eigenvalue weighted by Crippen LogP contribution is 2.16. The maximum Gasteiger partial charge on any atom is 0.159 e. The molecule has 0 bridgehead atoms. The lowest BCUT2D eigenvalue weighted by molar-refractivity contribution is 0.326. The Kier molecular flexibility index (Phi) is 6.12. The molecule has 0 atom stereocenters. The number of hydrogen-bond donors (Lipinski definition) is 1. The minimum Gasteiger partial charge on any atom is -0.352 e. The first-order valence-electron chi connectivity index (χ1n) is 5.08. The standard InChI is InChI=1S/C11H14ClN3S.ClH/c1-15-7-13-11(14-8-15)16-6-9-2-4-10(12)5-3-9;/h2-5H,6-8H2,1H3,(H,13,14);1H. The fourth-order valence-electron chi connectivity index (χ4n) is 1.32. The van der Waals surface area contributed by atoms with Crippen LogP contribution in [-0.4, -0.2) is 30.5 Å². The Morgan fingerprint density at radius 3 is 2.71 bits per heavy atom. The maximum atomic E-state index is 5.83. The quantitative estimate of drug-likeness (QED) is 0.908. The van der Waals surface area contributed by atoms with Gasteiger partial charge in [0.05, 0.1) is 13.3 Å². The van der Waals surface area contributed by atoms with Gasteiger partial charge in [0.15, 0.2) is 5.17 Å². The van der Waals surface area contributed by atoms with Crippen LogP contribution in [0.25, 0.3) is 0 Å². The third-order valence-electron chi connectivity index (χ3n) is 2.24. The third kappa shape index (κ3) is 4.76. The summed E-state index contributed by atoms with van der Waals surface area (Å²) in [6.07, 6.45) is 0. The minimum absolute atomic E-state index is 0. The van der Waals surface area contributed by atoms with E-state index in [0.717, 1.165) is 29.3 Å². The number of nitrogens with zero attached hydrogens (tertiary/aromatic N) is 2. The van der Waals surface area contributed by atoms with Crippen molar-refractivity contribution in [2.45, 2.75) is 5.75 Å². The molecule has 0 fully saturated rings. The van der Waals surface area contributed by atoms with E-state index in [2.05, 4.69) is 15.2 Å². The average molecular weight is 292 g/mol. The van der Waals surface area contributed by atoms with E-state index in [1.165, 1.54) is 5.56 Å². The van der Waals surface area contributed by atoms with Gasteiger partial charge in [-0.3, -0.25) is 4.90 Å². The van der Waals surface area contributed by atoms with Gasteiger partial charge >= 0.3 is 0 Å². The maximum absolute atomic E-state index is 5.83. The van der Waals surface area contributed by atoms with Crippen LogP contribution in [0, 0.1) is 0 Å². The molecule has 1 aliphatic rings. The molecule has 0 spiro atoms. The molecule has 0 saturated heterocycles. The van der Waals surface area contributed by atoms with Crippen molar-refractivity contribution in [2.75, 3.05) is 20.4 Å². The van der Waals surface area contributed by atoms with Crippen molar-refractivity contribution in [1.82, 2.24) is 10.2 Å². The normalized spacial score (nSPS) is 15.8. The SMILES string of the molecule is CN1CN=C(SCc2ccc(Cl)cc2)NC1.Cl. The van der Waals surface area contributed by atoms with Gasteiger partial charge in [-0.15, -0.1) is 12.4 Å². The predicted molar refractivity (Wildman–Crippen MR) is 78.1 cm³/mol. The van der Waals surface area contributed by atoms with Gasteiger partial charge in [-0.1, -0.05) is 35.5 Å². The molecule has 0 saturated carbocycles. The fraction of sp³-hybridized carbons (Fsp3) is 0.364. The van der Waals surface area contributed by atoms with Crippen molar-refractivity contribution in [2.24, 2.45) is 4.99 Å². The molecule has 1 aromatic rings. The largest absolute Gasteiger partial charge is 0.352 e. The Hall–Kier alpha value is -0.420. The summed E-state index contributed by atoms with van der Waals surface area (Å²) in [5, 5.41) is 5.07. The number of nitrogens with one attached hydrogen (secondary N) is 1. The van der Waals surface area contributed by atoms with Crippen LogP contribution in [0.1, 0.15) is 5.56 Å². The Balaban J connectivity index is 0.00000144. The van der Waals surface area contributed by atoms with Crippen LogP contribution in [0.4, 0.5) is 0 Å². The summed E-state index contributed by atoms with van der Waals surface area (Å²) in [6, 6.07) is 7.93. The Morgan fingerprint density at radius 1 is 1.41 bits per heavy atom. The van der Waals surface area contributed by atoms with Crippen LogP contribution in [0.5, 0.6) is 0 Å². The van der Waals surface area contributed by atoms with Gasteiger partial charge in [-0.25, -0.2) is 4.99 Å². The highest BCUT2D eigenvalue weighted by molar-refractivity contribution is 8.13. The molecule has 94 valence electrons. The van der Waals surface area contributed by atoms with E-state index in [1.807, 2.05) is 31.3 Å². The summed E-state index contributed by atoms with van der Waals surface area (Å²) in [7, 11) is 2.04. The van der Waals surface area contributed by atoms with E-state index in [4.69, 9.17) is 11.6 Å². The van der Waals surface area contributed by atoms with Gasteiger partial charge in [0.25, 0.3) is 0 Å². The summed E-state index contributed by atoms with van der Waals surface area (Å²) in [6.45, 7) is 1.64. The van der Waals surface area contributed by atoms with Crippen LogP contribution < -0.4 is 5.32 Å². The Labute approximate surface area is 117 Å². The monoisotopic (exact) mass is 291 g/mol. The lowest BCUT2D eigenvalue weighted by atomic mass is 10.2. The smallest absolute Gasteiger partial charge is 0.159 e. The summed E-state index contributed by atoms with van der Waals surface area (Å²) < 4.78 is 0. The summed E-state index contributed by atoms with van der Waals surface area (Å²) in [4.78, 5) is 6.53. The van der Waals surface area contributed by atoms with E-state index in [-0.39, 0.29) is 12.4 Å². The second-order valence-electron chi connectivity index (χ2n) is 3.71. The molecular formula is C11H15Cl2N3S. The topological polar surface area (TPSA) is 27.6 Å². The molecule has 6 heteroatoms. The molecule has 1 heterocycles. The van der Waals surface area contributed by atoms with Crippen molar-refractivity contribution in [3.63, 3.8) is 0 Å². The summed E-state index contributed by atoms with van der Waals surface area (Å²) in [5.41, 5.74) is 1.26. The van der Waals surface area contributed by atoms with Gasteiger partial charge in [0, 0.05) is 10.8 Å². The minimum atomic E-state index is 0. The second kappa shape index (κ2) is 7.11. The van der Waals surface area contributed by atoms with Crippen LogP contribution in [-0.2, 0) is 5.75 Å². The van der Waals surface area contributed by atoms with E-state index in [9.17, 15) is 0 Å². The molecular weight excluding hydrogens is 277 g/mol. The van der Waals surface area contributed by atoms with E-state index >= 15 is 0 Å². The van der Waals surface area contributed by atoms with Crippen molar-refractivity contribution >= 4 is 40.9 Å². The molecule has 0 amide bonds. The van der Waals surface area contributed by atoms with E-state index < -0.39 is 0 Å². The Bertz CT molecular complexity index is 381. The number of aliphatic imine (C=N–C) groups is 1. The highest BCUT2D eigenvalue weighted by atomic mass is 35.5. The third-order valence-corrected chi connectivity index (χ3v) is 3.52. The number of rotatable bonds is 2. The average Bonchev–Trinajstić information content (AvgIpc) is 2.30. The molecule has 0 unspecified atom stereocenters. The van der Waals surface area contributed by atoms with Crippen molar-refractivity contribution in [1.29, 1.82) is 0 Å². The number of amidine groups is 1. The number of benzene rings is 1. The van der Waals surface area contributed by atoms with Crippen LogP contribution in [0.3, 0.4) is 0 Å². The molecule has 1 aromatic carbocycles. The lowest BCUT2D eigenvalue weighted by Gasteiger charge is -2.22. The first-order chi connectivity index (χ1) is 7.74. The number of thioether (sulfide) groups is 1. The van der Waals surface area contributed by atoms with Crippen LogP contribution >= 0.6 is 35.8 Å². The van der Waals surface area contributed by atoms with Crippen molar-refractivity contribution in [3.8, 4) is 0 Å². The molecule has 1 N–H and O–H groups in total. The number of halogens is 2. The van der Waals surface area contributed by atoms with E-state index in [0.29, 0.717) is 0 Å². The summed E-state index contributed by atoms with van der Waals surface area (Å²) in [5.74, 6) is 0.923. The van der Waals surface area contributed by atoms with Gasteiger partial charge in [-0.05, 0) is 24.7 Å². The molecule has 0 aliphatic carbocycles. The van der Waals surface area contributed by atoms with Gasteiger partial charge < -0.3 is 5.32 Å². The zero-order chi connectivity index (χ0) is 11.4. The first kappa shape index (κ1) is 14.6. The predicted octanol–water partition coefficient (Wildman–Crippen LogP) is 2.80. The highest BCUT2D eigenvalue weighted by Gasteiger charge is 2.08. The Morgan fingerprint density at radius 2 is 2.12 bits per heavy atom. The number of hydrogen-bond acceptors (Lipinski definition) is 4. The second-order valence-corrected chi connectivity index (χ2v) is 5.11. The van der Waals surface area contributed by atoms with Crippen LogP contribution in [0.2, 0.25) is 5.02 Å². The van der Waals surface area contributed by atoms with Crippen molar-refractivity contribution in [3.05, 3.63) is 34.9 Å². The fourth-order valence-corrected chi connectivity index (χ4v) is 2.26.